The van der Waals surface area contributed by atoms with Gasteiger partial charge in [0, 0.05) is 18.7 Å². The van der Waals surface area contributed by atoms with Crippen molar-refractivity contribution in [1.29, 1.82) is 0 Å². The predicted octanol–water partition coefficient (Wildman–Crippen LogP) is 3.15. The van der Waals surface area contributed by atoms with Crippen LogP contribution in [0, 0.1) is 5.92 Å². The van der Waals surface area contributed by atoms with Crippen LogP contribution in [0.4, 0.5) is 0 Å². The standard InChI is InChI=1S/C23H28N2O4/c1-3-5-8-13-25-15-19(23(28)29-4-2)20(22(25)27)24-21(26)18-12-11-16-9-6-7-10-17(16)14-18/h6-7,9-12,14,19-20H,3-5,8,13,15H2,1-2H3,(H,24,26). The number of carbonyl (C=O) groups is 3. The van der Waals surface area contributed by atoms with Crippen LogP contribution in [0.2, 0.25) is 0 Å². The number of esters is 1. The highest BCUT2D eigenvalue weighted by molar-refractivity contribution is 6.02. The van der Waals surface area contributed by atoms with Gasteiger partial charge in [0.15, 0.2) is 0 Å². The van der Waals surface area contributed by atoms with Gasteiger partial charge in [-0.1, -0.05) is 50.1 Å². The van der Waals surface area contributed by atoms with Crippen molar-refractivity contribution in [3.8, 4) is 0 Å². The molecule has 3 rings (SSSR count). The fourth-order valence-corrected chi connectivity index (χ4v) is 3.73. The zero-order chi connectivity index (χ0) is 20.8. The van der Waals surface area contributed by atoms with E-state index in [4.69, 9.17) is 4.74 Å². The molecule has 0 aromatic heterocycles. The Morgan fingerprint density at radius 3 is 2.59 bits per heavy atom. The summed E-state index contributed by atoms with van der Waals surface area (Å²) in [5.74, 6) is -1.71. The number of carbonyl (C=O) groups excluding carboxylic acids is 3. The Morgan fingerprint density at radius 2 is 1.86 bits per heavy atom. The van der Waals surface area contributed by atoms with Gasteiger partial charge >= 0.3 is 5.97 Å². The largest absolute Gasteiger partial charge is 0.466 e. The molecule has 1 aliphatic heterocycles. The van der Waals surface area contributed by atoms with Crippen LogP contribution in [0.5, 0.6) is 0 Å². The lowest BCUT2D eigenvalue weighted by Crippen LogP contribution is -2.46. The quantitative estimate of drug-likeness (QED) is 0.549. The number of nitrogens with zero attached hydrogens (tertiary/aromatic N) is 1. The first kappa shape index (κ1) is 20.8. The topological polar surface area (TPSA) is 75.7 Å². The van der Waals surface area contributed by atoms with Crippen LogP contribution in [0.1, 0.15) is 43.5 Å². The first-order valence-electron chi connectivity index (χ1n) is 10.3. The van der Waals surface area contributed by atoms with Gasteiger partial charge in [0.2, 0.25) is 5.91 Å². The molecule has 2 amide bonds. The van der Waals surface area contributed by atoms with Crippen molar-refractivity contribution in [3.63, 3.8) is 0 Å². The summed E-state index contributed by atoms with van der Waals surface area (Å²) in [7, 11) is 0. The number of hydrogen-bond donors (Lipinski definition) is 1. The maximum atomic E-state index is 12.9. The van der Waals surface area contributed by atoms with E-state index < -0.39 is 17.9 Å². The van der Waals surface area contributed by atoms with E-state index in [9.17, 15) is 14.4 Å². The van der Waals surface area contributed by atoms with Gasteiger partial charge in [-0.15, -0.1) is 0 Å². The van der Waals surface area contributed by atoms with E-state index in [1.807, 2.05) is 30.3 Å². The second-order valence-electron chi connectivity index (χ2n) is 7.36. The average molecular weight is 396 g/mol. The molecule has 0 aliphatic carbocycles. The molecule has 2 unspecified atom stereocenters. The number of hydrogen-bond acceptors (Lipinski definition) is 4. The molecular weight excluding hydrogens is 368 g/mol. The molecule has 154 valence electrons. The molecule has 0 bridgehead atoms. The summed E-state index contributed by atoms with van der Waals surface area (Å²) in [5.41, 5.74) is 0.462. The lowest BCUT2D eigenvalue weighted by Gasteiger charge is -2.17. The van der Waals surface area contributed by atoms with Gasteiger partial charge in [0.25, 0.3) is 5.91 Å². The van der Waals surface area contributed by atoms with Gasteiger partial charge in [0.1, 0.15) is 12.0 Å². The number of ether oxygens (including phenoxy) is 1. The van der Waals surface area contributed by atoms with Crippen molar-refractivity contribution in [3.05, 3.63) is 48.0 Å². The lowest BCUT2D eigenvalue weighted by molar-refractivity contribution is -0.148. The van der Waals surface area contributed by atoms with E-state index in [0.29, 0.717) is 12.1 Å². The Morgan fingerprint density at radius 1 is 1.10 bits per heavy atom. The van der Waals surface area contributed by atoms with E-state index in [1.54, 1.807) is 24.0 Å². The number of nitrogens with one attached hydrogen (secondary N) is 1. The number of benzene rings is 2. The number of fused-ring (bicyclic) bond motifs is 1. The van der Waals surface area contributed by atoms with Crippen molar-refractivity contribution < 1.29 is 19.1 Å². The molecule has 1 N–H and O–H groups in total. The van der Waals surface area contributed by atoms with E-state index in [1.165, 1.54) is 0 Å². The summed E-state index contributed by atoms with van der Waals surface area (Å²) in [6.45, 7) is 4.94. The smallest absolute Gasteiger partial charge is 0.313 e. The van der Waals surface area contributed by atoms with Gasteiger partial charge in [-0.3, -0.25) is 14.4 Å². The average Bonchev–Trinajstić information content (AvgIpc) is 3.04. The molecular formula is C23H28N2O4. The SMILES string of the molecule is CCCCCN1CC(C(=O)OCC)C(NC(=O)c2ccc3ccccc3c2)C1=O. The first-order valence-corrected chi connectivity index (χ1v) is 10.3. The fraction of sp³-hybridized carbons (Fsp3) is 0.435. The minimum Gasteiger partial charge on any atom is -0.466 e. The Kier molecular flexibility index (Phi) is 6.86. The van der Waals surface area contributed by atoms with Crippen LogP contribution in [0.15, 0.2) is 42.5 Å². The van der Waals surface area contributed by atoms with E-state index in [0.717, 1.165) is 30.0 Å². The summed E-state index contributed by atoms with van der Waals surface area (Å²) < 4.78 is 5.15. The predicted molar refractivity (Wildman–Crippen MR) is 111 cm³/mol. The second kappa shape index (κ2) is 9.54. The maximum absolute atomic E-state index is 12.9. The minimum atomic E-state index is -0.894. The van der Waals surface area contributed by atoms with Crippen LogP contribution in [-0.4, -0.2) is 48.4 Å². The molecule has 1 fully saturated rings. The van der Waals surface area contributed by atoms with Gasteiger partial charge in [0.05, 0.1) is 6.61 Å². The number of rotatable bonds is 8. The van der Waals surface area contributed by atoms with Gasteiger partial charge in [-0.25, -0.2) is 0 Å². The molecule has 6 nitrogen and oxygen atoms in total. The van der Waals surface area contributed by atoms with Crippen molar-refractivity contribution in [2.45, 2.75) is 39.2 Å². The van der Waals surface area contributed by atoms with E-state index in [2.05, 4.69) is 12.2 Å². The molecule has 29 heavy (non-hydrogen) atoms. The summed E-state index contributed by atoms with van der Waals surface area (Å²) in [5, 5.41) is 4.77. The fourth-order valence-electron chi connectivity index (χ4n) is 3.73. The van der Waals surface area contributed by atoms with E-state index >= 15 is 0 Å². The van der Waals surface area contributed by atoms with E-state index in [-0.39, 0.29) is 25.0 Å². The number of unbranched alkanes of at least 4 members (excludes halogenated alkanes) is 2. The Bertz CT molecular complexity index is 895. The third-order valence-electron chi connectivity index (χ3n) is 5.32. The Hall–Kier alpha value is -2.89. The number of likely N-dealkylation sites (tertiary alicyclic amines) is 1. The van der Waals surface area contributed by atoms with Crippen LogP contribution in [0.25, 0.3) is 10.8 Å². The molecule has 2 aromatic carbocycles. The third-order valence-corrected chi connectivity index (χ3v) is 5.32. The zero-order valence-electron chi connectivity index (χ0n) is 17.0. The highest BCUT2D eigenvalue weighted by Crippen LogP contribution is 2.22. The third kappa shape index (κ3) is 4.75. The molecule has 2 atom stereocenters. The van der Waals surface area contributed by atoms with Crippen LogP contribution < -0.4 is 5.32 Å². The van der Waals surface area contributed by atoms with Crippen LogP contribution >= 0.6 is 0 Å². The van der Waals surface area contributed by atoms with Crippen LogP contribution in [-0.2, 0) is 14.3 Å². The monoisotopic (exact) mass is 396 g/mol. The molecule has 0 saturated carbocycles. The first-order chi connectivity index (χ1) is 14.0. The highest BCUT2D eigenvalue weighted by atomic mass is 16.5. The van der Waals surface area contributed by atoms with Gasteiger partial charge in [-0.2, -0.15) is 0 Å². The lowest BCUT2D eigenvalue weighted by atomic mass is 10.0. The van der Waals surface area contributed by atoms with Crippen molar-refractivity contribution in [2.24, 2.45) is 5.92 Å². The molecule has 1 heterocycles. The highest BCUT2D eigenvalue weighted by Gasteiger charge is 2.45. The van der Waals surface area contributed by atoms with Gasteiger partial charge < -0.3 is 15.0 Å². The second-order valence-corrected chi connectivity index (χ2v) is 7.36. The molecule has 1 aliphatic rings. The molecule has 0 radical (unpaired) electrons. The minimum absolute atomic E-state index is 0.215. The summed E-state index contributed by atoms with van der Waals surface area (Å²) in [6.07, 6.45) is 2.94. The maximum Gasteiger partial charge on any atom is 0.313 e. The summed E-state index contributed by atoms with van der Waals surface area (Å²) in [6, 6.07) is 12.3. The summed E-state index contributed by atoms with van der Waals surface area (Å²) >= 11 is 0. The van der Waals surface area contributed by atoms with Crippen molar-refractivity contribution >= 4 is 28.6 Å². The normalized spacial score (nSPS) is 18.8. The molecule has 6 heteroatoms. The Labute approximate surface area is 171 Å². The van der Waals surface area contributed by atoms with Crippen molar-refractivity contribution in [2.75, 3.05) is 19.7 Å². The van der Waals surface area contributed by atoms with Crippen molar-refractivity contribution in [1.82, 2.24) is 10.2 Å². The molecule has 0 spiro atoms. The van der Waals surface area contributed by atoms with Gasteiger partial charge in [-0.05, 0) is 36.2 Å². The summed E-state index contributed by atoms with van der Waals surface area (Å²) in [4.78, 5) is 39.8. The number of amides is 2. The molecule has 2 aromatic rings. The Balaban J connectivity index is 1.77. The molecule has 1 saturated heterocycles. The van der Waals surface area contributed by atoms with Crippen LogP contribution in [0.3, 0.4) is 0 Å². The zero-order valence-corrected chi connectivity index (χ0v) is 17.0.